The van der Waals surface area contributed by atoms with Crippen LogP contribution in [-0.2, 0) is 11.3 Å². The molecular weight excluding hydrogens is 402 g/mol. The first-order chi connectivity index (χ1) is 14.8. The van der Waals surface area contributed by atoms with Crippen molar-refractivity contribution in [3.05, 3.63) is 83.4 Å². The average Bonchev–Trinajstić information content (AvgIpc) is 3.11. The molecule has 8 heteroatoms. The van der Waals surface area contributed by atoms with Gasteiger partial charge in [-0.05, 0) is 42.7 Å². The van der Waals surface area contributed by atoms with Gasteiger partial charge in [-0.1, -0.05) is 32.0 Å². The fourth-order valence-corrected chi connectivity index (χ4v) is 3.14. The van der Waals surface area contributed by atoms with E-state index in [0.29, 0.717) is 12.2 Å². The first kappa shape index (κ1) is 22.1. The van der Waals surface area contributed by atoms with Crippen molar-refractivity contribution in [2.45, 2.75) is 33.4 Å². The van der Waals surface area contributed by atoms with Gasteiger partial charge in [0.25, 0.3) is 5.91 Å². The number of benzene rings is 2. The summed E-state index contributed by atoms with van der Waals surface area (Å²) in [6.45, 7) is 6.04. The SMILES string of the molecule is Cc1nccn1Cc1ccc(NC(=O)[C@@H](NC(=O)c2c(F)cccc2F)C(C)C)cc1. The van der Waals surface area contributed by atoms with Crippen LogP contribution in [0.25, 0.3) is 0 Å². The molecule has 6 nitrogen and oxygen atoms in total. The van der Waals surface area contributed by atoms with Crippen molar-refractivity contribution in [3.8, 4) is 0 Å². The van der Waals surface area contributed by atoms with Gasteiger partial charge in [-0.15, -0.1) is 0 Å². The summed E-state index contributed by atoms with van der Waals surface area (Å²) in [7, 11) is 0. The van der Waals surface area contributed by atoms with E-state index in [1.165, 1.54) is 6.07 Å². The third-order valence-electron chi connectivity index (χ3n) is 4.92. The lowest BCUT2D eigenvalue weighted by atomic mass is 10.0. The summed E-state index contributed by atoms with van der Waals surface area (Å²) in [5.41, 5.74) is 0.871. The number of nitrogens with one attached hydrogen (secondary N) is 2. The first-order valence-electron chi connectivity index (χ1n) is 9.88. The summed E-state index contributed by atoms with van der Waals surface area (Å²) in [5, 5.41) is 5.19. The quantitative estimate of drug-likeness (QED) is 0.602. The molecule has 1 aromatic heterocycles. The molecule has 1 atom stereocenters. The Bertz CT molecular complexity index is 1060. The molecule has 2 amide bonds. The molecule has 0 aliphatic heterocycles. The number of carbonyl (C=O) groups excluding carboxylic acids is 2. The van der Waals surface area contributed by atoms with Gasteiger partial charge >= 0.3 is 0 Å². The second kappa shape index (κ2) is 9.51. The average molecular weight is 426 g/mol. The number of rotatable bonds is 7. The van der Waals surface area contributed by atoms with Gasteiger partial charge in [-0.25, -0.2) is 13.8 Å². The van der Waals surface area contributed by atoms with Crippen molar-refractivity contribution in [2.75, 3.05) is 5.32 Å². The molecule has 3 rings (SSSR count). The van der Waals surface area contributed by atoms with Crippen molar-refractivity contribution in [1.29, 1.82) is 0 Å². The molecule has 2 aromatic carbocycles. The maximum absolute atomic E-state index is 13.9. The fraction of sp³-hybridized carbons (Fsp3) is 0.261. The van der Waals surface area contributed by atoms with Crippen LogP contribution in [0.2, 0.25) is 0 Å². The summed E-state index contributed by atoms with van der Waals surface area (Å²) < 4.78 is 29.8. The number of anilines is 1. The molecule has 31 heavy (non-hydrogen) atoms. The van der Waals surface area contributed by atoms with Gasteiger partial charge in [0.1, 0.15) is 29.1 Å². The van der Waals surface area contributed by atoms with Crippen molar-refractivity contribution in [2.24, 2.45) is 5.92 Å². The second-order valence-electron chi connectivity index (χ2n) is 7.58. The zero-order valence-corrected chi connectivity index (χ0v) is 17.5. The zero-order chi connectivity index (χ0) is 22.5. The van der Waals surface area contributed by atoms with E-state index in [0.717, 1.165) is 23.5 Å². The molecule has 0 bridgehead atoms. The predicted molar refractivity (Wildman–Crippen MR) is 114 cm³/mol. The number of nitrogens with zero attached hydrogens (tertiary/aromatic N) is 2. The molecular formula is C23H24F2N4O2. The van der Waals surface area contributed by atoms with Crippen LogP contribution in [0.4, 0.5) is 14.5 Å². The molecule has 3 aromatic rings. The molecule has 0 radical (unpaired) electrons. The van der Waals surface area contributed by atoms with Crippen LogP contribution in [0.5, 0.6) is 0 Å². The van der Waals surface area contributed by atoms with Crippen molar-refractivity contribution in [3.63, 3.8) is 0 Å². The maximum atomic E-state index is 13.9. The van der Waals surface area contributed by atoms with Gasteiger partial charge in [-0.2, -0.15) is 0 Å². The molecule has 0 unspecified atom stereocenters. The lowest BCUT2D eigenvalue weighted by Crippen LogP contribution is -2.47. The summed E-state index contributed by atoms with van der Waals surface area (Å²) in [6, 6.07) is 9.47. The number of imidazole rings is 1. The lowest BCUT2D eigenvalue weighted by molar-refractivity contribution is -0.118. The third-order valence-corrected chi connectivity index (χ3v) is 4.92. The highest BCUT2D eigenvalue weighted by Crippen LogP contribution is 2.16. The van der Waals surface area contributed by atoms with E-state index in [4.69, 9.17) is 0 Å². The maximum Gasteiger partial charge on any atom is 0.257 e. The number of aryl methyl sites for hydroxylation is 1. The largest absolute Gasteiger partial charge is 0.340 e. The Morgan fingerprint density at radius 1 is 1.06 bits per heavy atom. The molecule has 0 aliphatic carbocycles. The summed E-state index contributed by atoms with van der Waals surface area (Å²) >= 11 is 0. The Hall–Kier alpha value is -3.55. The number of hydrogen-bond acceptors (Lipinski definition) is 3. The number of halogens is 2. The van der Waals surface area contributed by atoms with Crippen LogP contribution in [0.3, 0.4) is 0 Å². The van der Waals surface area contributed by atoms with Crippen LogP contribution in [0, 0.1) is 24.5 Å². The molecule has 0 saturated heterocycles. The highest BCUT2D eigenvalue weighted by molar-refractivity contribution is 6.01. The van der Waals surface area contributed by atoms with E-state index < -0.39 is 35.1 Å². The molecule has 0 fully saturated rings. The summed E-state index contributed by atoms with van der Waals surface area (Å²) in [4.78, 5) is 29.3. The van der Waals surface area contributed by atoms with E-state index in [2.05, 4.69) is 15.6 Å². The van der Waals surface area contributed by atoms with Crippen molar-refractivity contribution in [1.82, 2.24) is 14.9 Å². The number of carbonyl (C=O) groups is 2. The standard InChI is InChI=1S/C23H24F2N4O2/c1-14(2)21(28-22(30)20-18(24)5-4-6-19(20)25)23(31)27-17-9-7-16(8-10-17)13-29-12-11-26-15(29)3/h4-12,14,21H,13H2,1-3H3,(H,27,31)(H,28,30)/t21-/m0/s1. The molecule has 162 valence electrons. The number of amides is 2. The van der Waals surface area contributed by atoms with Gasteiger partial charge in [-0.3, -0.25) is 9.59 Å². The Morgan fingerprint density at radius 2 is 1.71 bits per heavy atom. The van der Waals surface area contributed by atoms with Crippen LogP contribution in [-0.4, -0.2) is 27.4 Å². The Kier molecular flexibility index (Phi) is 6.79. The van der Waals surface area contributed by atoms with Crippen LogP contribution in [0.15, 0.2) is 54.9 Å². The van der Waals surface area contributed by atoms with Gasteiger partial charge in [0.15, 0.2) is 0 Å². The van der Waals surface area contributed by atoms with Gasteiger partial charge in [0.05, 0.1) is 0 Å². The van der Waals surface area contributed by atoms with Gasteiger partial charge in [0, 0.05) is 24.6 Å². The Balaban J connectivity index is 1.68. The second-order valence-corrected chi connectivity index (χ2v) is 7.58. The molecule has 2 N–H and O–H groups in total. The summed E-state index contributed by atoms with van der Waals surface area (Å²) in [6.07, 6.45) is 3.62. The van der Waals surface area contributed by atoms with Gasteiger partial charge < -0.3 is 15.2 Å². The van der Waals surface area contributed by atoms with Crippen LogP contribution >= 0.6 is 0 Å². The highest BCUT2D eigenvalue weighted by Gasteiger charge is 2.27. The van der Waals surface area contributed by atoms with E-state index in [9.17, 15) is 18.4 Å². The molecule has 0 aliphatic rings. The van der Waals surface area contributed by atoms with Gasteiger partial charge in [0.2, 0.25) is 5.91 Å². The Labute approximate surface area is 179 Å². The fourth-order valence-electron chi connectivity index (χ4n) is 3.14. The van der Waals surface area contributed by atoms with Crippen molar-refractivity contribution < 1.29 is 18.4 Å². The van der Waals surface area contributed by atoms with E-state index in [1.54, 1.807) is 32.2 Å². The molecule has 0 spiro atoms. The summed E-state index contributed by atoms with van der Waals surface area (Å²) in [5.74, 6) is -2.82. The smallest absolute Gasteiger partial charge is 0.257 e. The Morgan fingerprint density at radius 3 is 2.26 bits per heavy atom. The number of aromatic nitrogens is 2. The topological polar surface area (TPSA) is 76.0 Å². The predicted octanol–water partition coefficient (Wildman–Crippen LogP) is 3.91. The monoisotopic (exact) mass is 426 g/mol. The molecule has 1 heterocycles. The van der Waals surface area contributed by atoms with E-state index >= 15 is 0 Å². The van der Waals surface area contributed by atoms with E-state index in [1.807, 2.05) is 29.8 Å². The van der Waals surface area contributed by atoms with Crippen LogP contribution < -0.4 is 10.6 Å². The zero-order valence-electron chi connectivity index (χ0n) is 17.5. The highest BCUT2D eigenvalue weighted by atomic mass is 19.1. The van der Waals surface area contributed by atoms with Crippen LogP contribution in [0.1, 0.15) is 35.6 Å². The minimum Gasteiger partial charge on any atom is -0.340 e. The minimum atomic E-state index is -0.982. The third kappa shape index (κ3) is 5.33. The lowest BCUT2D eigenvalue weighted by Gasteiger charge is -2.22. The number of hydrogen-bond donors (Lipinski definition) is 2. The first-order valence-corrected chi connectivity index (χ1v) is 9.88. The van der Waals surface area contributed by atoms with E-state index in [-0.39, 0.29) is 5.92 Å². The normalized spacial score (nSPS) is 11.9. The van der Waals surface area contributed by atoms with Crippen molar-refractivity contribution >= 4 is 17.5 Å². The molecule has 0 saturated carbocycles. The minimum absolute atomic E-state index is 0.303.